The lowest BCUT2D eigenvalue weighted by Crippen LogP contribution is -2.47. The second kappa shape index (κ2) is 7.38. The van der Waals surface area contributed by atoms with Crippen LogP contribution in [0.4, 0.5) is 5.69 Å². The number of carbonyl (C=O) groups is 4. The van der Waals surface area contributed by atoms with Crippen molar-refractivity contribution in [1.82, 2.24) is 15.5 Å². The third kappa shape index (κ3) is 3.56. The maximum atomic E-state index is 12.5. The van der Waals surface area contributed by atoms with Gasteiger partial charge in [-0.15, -0.1) is 0 Å². The molecule has 4 amide bonds. The van der Waals surface area contributed by atoms with Crippen LogP contribution in [0.2, 0.25) is 0 Å². The zero-order valence-electron chi connectivity index (χ0n) is 15.9. The van der Waals surface area contributed by atoms with Crippen LogP contribution in [0, 0.1) is 0 Å². The van der Waals surface area contributed by atoms with Gasteiger partial charge in [-0.25, -0.2) is 0 Å². The molecule has 8 nitrogen and oxygen atoms in total. The molecule has 29 heavy (non-hydrogen) atoms. The van der Waals surface area contributed by atoms with E-state index >= 15 is 0 Å². The molecule has 2 aliphatic heterocycles. The summed E-state index contributed by atoms with van der Waals surface area (Å²) in [6, 6.07) is 12.2. The number of imide groups is 1. The Bertz CT molecular complexity index is 1020. The highest BCUT2D eigenvalue weighted by molar-refractivity contribution is 6.21. The number of fused-ring (bicyclic) bond motifs is 1. The fourth-order valence-corrected chi connectivity index (χ4v) is 3.47. The van der Waals surface area contributed by atoms with Gasteiger partial charge in [0.05, 0.1) is 17.7 Å². The summed E-state index contributed by atoms with van der Waals surface area (Å²) >= 11 is 0. The molecule has 2 N–H and O–H groups in total. The Hall–Kier alpha value is -3.68. The number of nitrogens with one attached hydrogen (secondary N) is 2. The summed E-state index contributed by atoms with van der Waals surface area (Å²) in [5, 5.41) is 5.62. The van der Waals surface area contributed by atoms with Crippen molar-refractivity contribution >= 4 is 29.3 Å². The van der Waals surface area contributed by atoms with Gasteiger partial charge in [-0.05, 0) is 35.9 Å². The molecule has 8 heteroatoms. The highest BCUT2D eigenvalue weighted by Gasteiger charge is 2.33. The van der Waals surface area contributed by atoms with Gasteiger partial charge in [-0.2, -0.15) is 0 Å². The molecular formula is C21H20N4O4. The van der Waals surface area contributed by atoms with Crippen molar-refractivity contribution < 1.29 is 19.2 Å². The molecule has 0 saturated carbocycles. The second-order valence-electron chi connectivity index (χ2n) is 7.05. The number of anilines is 1. The maximum Gasteiger partial charge on any atom is 0.261 e. The van der Waals surface area contributed by atoms with Crippen LogP contribution in [0.25, 0.3) is 0 Å². The summed E-state index contributed by atoms with van der Waals surface area (Å²) in [7, 11) is 1.42. The van der Waals surface area contributed by atoms with Gasteiger partial charge >= 0.3 is 0 Å². The van der Waals surface area contributed by atoms with Gasteiger partial charge in [-0.1, -0.05) is 12.1 Å². The van der Waals surface area contributed by atoms with E-state index in [1.165, 1.54) is 19.2 Å². The third-order valence-corrected chi connectivity index (χ3v) is 5.14. The SMILES string of the molecule is CN1C(=O)c2ccc(C(=O)NCc3ccc(N4CCNC(=O)C4)cc3)cc2C1=O. The Kier molecular flexibility index (Phi) is 4.75. The van der Waals surface area contributed by atoms with Crippen LogP contribution in [-0.2, 0) is 11.3 Å². The lowest BCUT2D eigenvalue weighted by atomic mass is 10.1. The lowest BCUT2D eigenvalue weighted by molar-refractivity contribution is -0.120. The number of benzene rings is 2. The summed E-state index contributed by atoms with van der Waals surface area (Å²) in [4.78, 5) is 51.0. The molecule has 0 bridgehead atoms. The monoisotopic (exact) mass is 392 g/mol. The summed E-state index contributed by atoms with van der Waals surface area (Å²) in [5.41, 5.74) is 2.77. The highest BCUT2D eigenvalue weighted by atomic mass is 16.2. The van der Waals surface area contributed by atoms with E-state index in [-0.39, 0.29) is 23.3 Å². The van der Waals surface area contributed by atoms with Crippen LogP contribution < -0.4 is 15.5 Å². The van der Waals surface area contributed by atoms with Gasteiger partial charge in [0, 0.05) is 37.9 Å². The largest absolute Gasteiger partial charge is 0.360 e. The van der Waals surface area contributed by atoms with Crippen LogP contribution in [0.5, 0.6) is 0 Å². The van der Waals surface area contributed by atoms with Crippen molar-refractivity contribution in [3.8, 4) is 0 Å². The molecule has 2 aromatic rings. The average molecular weight is 392 g/mol. The summed E-state index contributed by atoms with van der Waals surface area (Å²) in [6.07, 6.45) is 0. The Morgan fingerprint density at radius 1 is 1.03 bits per heavy atom. The molecule has 0 atom stereocenters. The minimum Gasteiger partial charge on any atom is -0.360 e. The van der Waals surface area contributed by atoms with Gasteiger partial charge in [0.15, 0.2) is 0 Å². The van der Waals surface area contributed by atoms with E-state index in [1.807, 2.05) is 29.2 Å². The lowest BCUT2D eigenvalue weighted by Gasteiger charge is -2.28. The standard InChI is InChI=1S/C21H20N4O4/c1-24-20(28)16-7-4-14(10-17(16)21(24)29)19(27)23-11-13-2-5-15(6-3-13)25-9-8-22-18(26)12-25/h2-7,10H,8-9,11-12H2,1H3,(H,22,26)(H,23,27). The first-order chi connectivity index (χ1) is 13.9. The van der Waals surface area contributed by atoms with E-state index in [0.717, 1.165) is 22.7 Å². The van der Waals surface area contributed by atoms with E-state index in [2.05, 4.69) is 10.6 Å². The topological polar surface area (TPSA) is 98.8 Å². The van der Waals surface area contributed by atoms with Crippen molar-refractivity contribution in [2.75, 3.05) is 31.6 Å². The molecule has 2 heterocycles. The number of piperazine rings is 1. The Labute approximate surface area is 167 Å². The first-order valence-electron chi connectivity index (χ1n) is 9.29. The van der Waals surface area contributed by atoms with Crippen molar-refractivity contribution in [3.05, 3.63) is 64.7 Å². The molecule has 0 radical (unpaired) electrons. The Morgan fingerprint density at radius 3 is 2.48 bits per heavy atom. The van der Waals surface area contributed by atoms with Crippen molar-refractivity contribution in [2.45, 2.75) is 6.54 Å². The number of hydrogen-bond donors (Lipinski definition) is 2. The second-order valence-corrected chi connectivity index (χ2v) is 7.05. The van der Waals surface area contributed by atoms with Gasteiger partial charge < -0.3 is 15.5 Å². The Balaban J connectivity index is 1.40. The van der Waals surface area contributed by atoms with Crippen molar-refractivity contribution in [3.63, 3.8) is 0 Å². The molecule has 148 valence electrons. The van der Waals surface area contributed by atoms with Crippen LogP contribution >= 0.6 is 0 Å². The molecule has 2 aromatic carbocycles. The maximum absolute atomic E-state index is 12.5. The van der Waals surface area contributed by atoms with Crippen LogP contribution in [0.15, 0.2) is 42.5 Å². The average Bonchev–Trinajstić information content (AvgIpc) is 2.96. The number of nitrogens with zero attached hydrogens (tertiary/aromatic N) is 2. The number of carbonyl (C=O) groups excluding carboxylic acids is 4. The van der Waals surface area contributed by atoms with Crippen LogP contribution in [-0.4, -0.2) is 55.2 Å². The van der Waals surface area contributed by atoms with Gasteiger partial charge in [-0.3, -0.25) is 24.1 Å². The molecule has 2 aliphatic rings. The number of hydrogen-bond acceptors (Lipinski definition) is 5. The quantitative estimate of drug-likeness (QED) is 0.750. The van der Waals surface area contributed by atoms with Crippen LogP contribution in [0.1, 0.15) is 36.6 Å². The smallest absolute Gasteiger partial charge is 0.261 e. The fourth-order valence-electron chi connectivity index (χ4n) is 3.47. The summed E-state index contributed by atoms with van der Waals surface area (Å²) < 4.78 is 0. The Morgan fingerprint density at radius 2 is 1.76 bits per heavy atom. The van der Waals surface area contributed by atoms with E-state index in [0.29, 0.717) is 30.8 Å². The van der Waals surface area contributed by atoms with E-state index in [1.54, 1.807) is 6.07 Å². The van der Waals surface area contributed by atoms with E-state index in [9.17, 15) is 19.2 Å². The van der Waals surface area contributed by atoms with E-state index in [4.69, 9.17) is 0 Å². The minimum atomic E-state index is -0.401. The summed E-state index contributed by atoms with van der Waals surface area (Å²) in [6.45, 7) is 2.05. The molecule has 1 fully saturated rings. The fraction of sp³-hybridized carbons (Fsp3) is 0.238. The number of amides is 4. The van der Waals surface area contributed by atoms with Gasteiger partial charge in [0.25, 0.3) is 17.7 Å². The molecule has 0 spiro atoms. The predicted molar refractivity (Wildman–Crippen MR) is 106 cm³/mol. The predicted octanol–water partition coefficient (Wildman–Crippen LogP) is 0.779. The highest BCUT2D eigenvalue weighted by Crippen LogP contribution is 2.23. The van der Waals surface area contributed by atoms with Crippen molar-refractivity contribution in [1.29, 1.82) is 0 Å². The molecule has 1 saturated heterocycles. The summed E-state index contributed by atoms with van der Waals surface area (Å²) in [5.74, 6) is -1.07. The van der Waals surface area contributed by atoms with Crippen LogP contribution in [0.3, 0.4) is 0 Å². The number of rotatable bonds is 4. The first kappa shape index (κ1) is 18.7. The zero-order chi connectivity index (χ0) is 20.5. The molecule has 4 rings (SSSR count). The van der Waals surface area contributed by atoms with Crippen molar-refractivity contribution in [2.24, 2.45) is 0 Å². The third-order valence-electron chi connectivity index (χ3n) is 5.14. The molecule has 0 aromatic heterocycles. The minimum absolute atomic E-state index is 0.00770. The van der Waals surface area contributed by atoms with E-state index < -0.39 is 5.91 Å². The normalized spacial score (nSPS) is 16.0. The molecule has 0 unspecified atom stereocenters. The molecular weight excluding hydrogens is 372 g/mol. The van der Waals surface area contributed by atoms with Gasteiger partial charge in [0.1, 0.15) is 0 Å². The first-order valence-corrected chi connectivity index (χ1v) is 9.29. The van der Waals surface area contributed by atoms with Gasteiger partial charge in [0.2, 0.25) is 5.91 Å². The molecule has 0 aliphatic carbocycles. The zero-order valence-corrected chi connectivity index (χ0v) is 15.9.